The number of rotatable bonds is 13. The van der Waals surface area contributed by atoms with Gasteiger partial charge < -0.3 is 14.8 Å². The van der Waals surface area contributed by atoms with Crippen LogP contribution in [0.5, 0.6) is 0 Å². The molecule has 1 atom stereocenters. The second kappa shape index (κ2) is 15.0. The molecule has 0 aromatic carbocycles. The minimum Gasteiger partial charge on any atom is -0.464 e. The van der Waals surface area contributed by atoms with Crippen molar-refractivity contribution < 1.29 is 19.1 Å². The van der Waals surface area contributed by atoms with Crippen LogP contribution in [0.1, 0.15) is 58.3 Å². The molecule has 0 aliphatic carbocycles. The molecule has 0 saturated carbocycles. The molecule has 0 radical (unpaired) electrons. The summed E-state index contributed by atoms with van der Waals surface area (Å²) in [6, 6.07) is -0.621. The maximum atomic E-state index is 12.0. The third-order valence-electron chi connectivity index (χ3n) is 3.36. The first-order valence-electron chi connectivity index (χ1n) is 8.15. The molecule has 1 unspecified atom stereocenters. The molecule has 0 heterocycles. The zero-order valence-corrected chi connectivity index (χ0v) is 15.0. The Hall–Kier alpha value is -0.910. The van der Waals surface area contributed by atoms with Gasteiger partial charge in [-0.15, -0.1) is 0 Å². The molecule has 5 nitrogen and oxygen atoms in total. The van der Waals surface area contributed by atoms with E-state index in [0.29, 0.717) is 13.0 Å². The van der Waals surface area contributed by atoms with Crippen molar-refractivity contribution in [2.45, 2.75) is 64.3 Å². The molecule has 0 aromatic rings. The van der Waals surface area contributed by atoms with Gasteiger partial charge in [-0.3, -0.25) is 0 Å². The number of esters is 1. The molecule has 0 aliphatic heterocycles. The van der Waals surface area contributed by atoms with E-state index in [0.717, 1.165) is 18.6 Å². The maximum absolute atomic E-state index is 12.0. The topological polar surface area (TPSA) is 64.6 Å². The third-order valence-corrected chi connectivity index (χ3v) is 4.01. The fraction of sp³-hybridized carbons (Fsp3) is 0.875. The summed E-state index contributed by atoms with van der Waals surface area (Å²) in [6.45, 7) is 2.63. The Kier molecular flexibility index (Phi) is 14.4. The molecule has 6 heteroatoms. The summed E-state index contributed by atoms with van der Waals surface area (Å²) in [6.07, 6.45) is 10.1. The Labute approximate surface area is 138 Å². The van der Waals surface area contributed by atoms with Gasteiger partial charge in [-0.05, 0) is 24.9 Å². The molecular weight excluding hydrogens is 302 g/mol. The summed E-state index contributed by atoms with van der Waals surface area (Å²) in [5.74, 6) is 0.409. The molecule has 0 saturated heterocycles. The van der Waals surface area contributed by atoms with Crippen LogP contribution in [0.25, 0.3) is 0 Å². The van der Waals surface area contributed by atoms with Gasteiger partial charge in [0.15, 0.2) is 0 Å². The fourth-order valence-corrected chi connectivity index (χ4v) is 2.49. The van der Waals surface area contributed by atoms with Crippen LogP contribution in [0.15, 0.2) is 0 Å². The van der Waals surface area contributed by atoms with Gasteiger partial charge in [0.25, 0.3) is 0 Å². The average molecular weight is 333 g/mol. The van der Waals surface area contributed by atoms with Gasteiger partial charge >= 0.3 is 12.1 Å². The molecule has 0 rings (SSSR count). The largest absolute Gasteiger partial charge is 0.464 e. The van der Waals surface area contributed by atoms with Gasteiger partial charge in [-0.2, -0.15) is 11.8 Å². The van der Waals surface area contributed by atoms with E-state index < -0.39 is 12.1 Å². The average Bonchev–Trinajstić information content (AvgIpc) is 2.53. The van der Waals surface area contributed by atoms with E-state index in [1.165, 1.54) is 39.2 Å². The van der Waals surface area contributed by atoms with Crippen molar-refractivity contribution in [3.63, 3.8) is 0 Å². The Morgan fingerprint density at radius 1 is 1.09 bits per heavy atom. The van der Waals surface area contributed by atoms with Gasteiger partial charge in [0.2, 0.25) is 0 Å². The van der Waals surface area contributed by atoms with Crippen LogP contribution in [-0.4, -0.2) is 43.8 Å². The first-order chi connectivity index (χ1) is 10.7. The van der Waals surface area contributed by atoms with Crippen LogP contribution < -0.4 is 5.32 Å². The number of alkyl carbamates (subject to hydrolysis) is 1. The van der Waals surface area contributed by atoms with Crippen molar-refractivity contribution in [1.29, 1.82) is 0 Å². The van der Waals surface area contributed by atoms with E-state index in [-0.39, 0.29) is 5.97 Å². The van der Waals surface area contributed by atoms with E-state index in [1.807, 2.05) is 6.26 Å². The predicted octanol–water partition coefficient (Wildman–Crippen LogP) is 3.76. The number of hydrogen-bond acceptors (Lipinski definition) is 5. The van der Waals surface area contributed by atoms with Crippen molar-refractivity contribution in [3.8, 4) is 0 Å². The lowest BCUT2D eigenvalue weighted by molar-refractivity contribution is -0.146. The molecule has 0 aromatic heterocycles. The van der Waals surface area contributed by atoms with Crippen LogP contribution in [0, 0.1) is 0 Å². The number of amides is 1. The number of nitrogens with one attached hydrogen (secondary N) is 1. The molecule has 130 valence electrons. The molecular formula is C16H31NO4S. The van der Waals surface area contributed by atoms with Gasteiger partial charge in [0, 0.05) is 0 Å². The quantitative estimate of drug-likeness (QED) is 0.411. The highest BCUT2D eigenvalue weighted by Crippen LogP contribution is 2.08. The van der Waals surface area contributed by atoms with Crippen LogP contribution in [0.3, 0.4) is 0 Å². The number of carbonyl (C=O) groups is 2. The van der Waals surface area contributed by atoms with Gasteiger partial charge in [0.05, 0.1) is 13.7 Å². The SMILES string of the molecule is CCCCCCCCCOC(=O)C(CCSC)NC(=O)OC. The van der Waals surface area contributed by atoms with Gasteiger partial charge in [-0.25, -0.2) is 9.59 Å². The molecule has 0 spiro atoms. The highest BCUT2D eigenvalue weighted by molar-refractivity contribution is 7.98. The zero-order valence-electron chi connectivity index (χ0n) is 14.2. The van der Waals surface area contributed by atoms with Crippen molar-refractivity contribution >= 4 is 23.8 Å². The summed E-state index contributed by atoms with van der Waals surface area (Å²) < 4.78 is 9.79. The zero-order chi connectivity index (χ0) is 16.6. The number of carbonyl (C=O) groups excluding carboxylic acids is 2. The van der Waals surface area contributed by atoms with Crippen molar-refractivity contribution in [1.82, 2.24) is 5.32 Å². The smallest absolute Gasteiger partial charge is 0.407 e. The molecule has 0 bridgehead atoms. The highest BCUT2D eigenvalue weighted by Gasteiger charge is 2.21. The van der Waals surface area contributed by atoms with Gasteiger partial charge in [0.1, 0.15) is 6.04 Å². The first-order valence-corrected chi connectivity index (χ1v) is 9.55. The number of thioether (sulfide) groups is 1. The molecule has 0 fully saturated rings. The number of methoxy groups -OCH3 is 1. The van der Waals surface area contributed by atoms with E-state index >= 15 is 0 Å². The number of unbranched alkanes of at least 4 members (excludes halogenated alkanes) is 6. The van der Waals surface area contributed by atoms with Crippen LogP contribution >= 0.6 is 11.8 Å². The van der Waals surface area contributed by atoms with Crippen LogP contribution in [-0.2, 0) is 14.3 Å². The lowest BCUT2D eigenvalue weighted by atomic mass is 10.1. The van der Waals surface area contributed by atoms with Crippen LogP contribution in [0.4, 0.5) is 4.79 Å². The second-order valence-electron chi connectivity index (χ2n) is 5.26. The van der Waals surface area contributed by atoms with Gasteiger partial charge in [-0.1, -0.05) is 45.4 Å². The summed E-state index contributed by atoms with van der Waals surface area (Å²) in [5, 5.41) is 2.53. The normalized spacial score (nSPS) is 11.8. The van der Waals surface area contributed by atoms with Crippen molar-refractivity contribution in [2.75, 3.05) is 25.7 Å². The second-order valence-corrected chi connectivity index (χ2v) is 6.24. The maximum Gasteiger partial charge on any atom is 0.407 e. The molecule has 22 heavy (non-hydrogen) atoms. The van der Waals surface area contributed by atoms with Crippen molar-refractivity contribution in [3.05, 3.63) is 0 Å². The Balaban J connectivity index is 3.84. The molecule has 1 amide bonds. The Bertz CT molecular complexity index is 300. The summed E-state index contributed by atoms with van der Waals surface area (Å²) in [4.78, 5) is 23.2. The summed E-state index contributed by atoms with van der Waals surface area (Å²) in [7, 11) is 1.28. The van der Waals surface area contributed by atoms with E-state index in [4.69, 9.17) is 4.74 Å². The Morgan fingerprint density at radius 3 is 2.32 bits per heavy atom. The molecule has 0 aliphatic rings. The minimum atomic E-state index is -0.621. The number of ether oxygens (including phenoxy) is 2. The lowest BCUT2D eigenvalue weighted by Crippen LogP contribution is -2.42. The minimum absolute atomic E-state index is 0.370. The number of hydrogen-bond donors (Lipinski definition) is 1. The first kappa shape index (κ1) is 21.1. The third kappa shape index (κ3) is 11.7. The highest BCUT2D eigenvalue weighted by atomic mass is 32.2. The fourth-order valence-electron chi connectivity index (χ4n) is 2.02. The van der Waals surface area contributed by atoms with Crippen molar-refractivity contribution in [2.24, 2.45) is 0 Å². The predicted molar refractivity (Wildman–Crippen MR) is 91.3 cm³/mol. The van der Waals surface area contributed by atoms with Crippen LogP contribution in [0.2, 0.25) is 0 Å². The van der Waals surface area contributed by atoms with E-state index in [9.17, 15) is 9.59 Å². The lowest BCUT2D eigenvalue weighted by Gasteiger charge is -2.16. The summed E-state index contributed by atoms with van der Waals surface area (Å²) >= 11 is 1.62. The summed E-state index contributed by atoms with van der Waals surface area (Å²) in [5.41, 5.74) is 0. The van der Waals surface area contributed by atoms with E-state index in [1.54, 1.807) is 11.8 Å². The van der Waals surface area contributed by atoms with E-state index in [2.05, 4.69) is 17.0 Å². The standard InChI is InChI=1S/C16H31NO4S/c1-4-5-6-7-8-9-10-12-21-15(18)14(11-13-22-3)17-16(19)20-2/h14H,4-13H2,1-3H3,(H,17,19). The monoisotopic (exact) mass is 333 g/mol. The Morgan fingerprint density at radius 2 is 1.73 bits per heavy atom. The molecule has 1 N–H and O–H groups in total.